The second-order valence-corrected chi connectivity index (χ2v) is 6.54. The highest BCUT2D eigenvalue weighted by atomic mass is 35.5. The molecule has 0 saturated carbocycles. The molecule has 0 aromatic heterocycles. The maximum Gasteiger partial charge on any atom is 0.236 e. The molecule has 0 unspecified atom stereocenters. The molecule has 0 bridgehead atoms. The Balaban J connectivity index is 2.50. The van der Waals surface area contributed by atoms with E-state index in [1.165, 1.54) is 4.31 Å². The van der Waals surface area contributed by atoms with Gasteiger partial charge in [-0.2, -0.15) is 0 Å². The molecule has 6 heteroatoms. The predicted molar refractivity (Wildman–Crippen MR) is 73.2 cm³/mol. The van der Waals surface area contributed by atoms with E-state index in [1.54, 1.807) is 13.2 Å². The Kier molecular flexibility index (Phi) is 4.02. The first-order chi connectivity index (χ1) is 8.60. The fraction of sp³-hybridized carbons (Fsp3) is 0.500. The Labute approximate surface area is 113 Å². The highest BCUT2D eigenvalue weighted by molar-refractivity contribution is 7.92. The molecule has 1 heterocycles. The summed E-state index contributed by atoms with van der Waals surface area (Å²) in [5.74, 6) is 0.653. The third-order valence-corrected chi connectivity index (χ3v) is 5.20. The number of sulfonamides is 1. The maximum absolute atomic E-state index is 12.2. The van der Waals surface area contributed by atoms with Crippen molar-refractivity contribution in [3.63, 3.8) is 0 Å². The molecule has 2 rings (SSSR count). The molecule has 0 aliphatic carbocycles. The third kappa shape index (κ3) is 2.42. The zero-order valence-corrected chi connectivity index (χ0v) is 11.8. The van der Waals surface area contributed by atoms with Crippen molar-refractivity contribution in [3.05, 3.63) is 23.8 Å². The van der Waals surface area contributed by atoms with Crippen LogP contribution >= 0.6 is 11.6 Å². The number of halogens is 1. The van der Waals surface area contributed by atoms with Crippen molar-refractivity contribution in [2.75, 3.05) is 29.6 Å². The molecule has 1 aliphatic heterocycles. The van der Waals surface area contributed by atoms with Crippen LogP contribution in [0.5, 0.6) is 5.75 Å². The van der Waals surface area contributed by atoms with Crippen LogP contribution in [-0.4, -0.2) is 33.7 Å². The molecule has 4 nitrogen and oxygen atoms in total. The number of ether oxygens (including phenoxy) is 1. The average Bonchev–Trinajstić information content (AvgIpc) is 2.37. The first-order valence-electron chi connectivity index (χ1n) is 5.82. The molecule has 0 radical (unpaired) electrons. The fourth-order valence-corrected chi connectivity index (χ4v) is 4.12. The lowest BCUT2D eigenvalue weighted by Gasteiger charge is -2.31. The second-order valence-electron chi connectivity index (χ2n) is 4.15. The van der Waals surface area contributed by atoms with E-state index in [-0.39, 0.29) is 11.6 Å². The maximum atomic E-state index is 12.2. The number of anilines is 1. The summed E-state index contributed by atoms with van der Waals surface area (Å²) in [6, 6.07) is 5.61. The van der Waals surface area contributed by atoms with E-state index in [0.717, 1.165) is 18.4 Å². The van der Waals surface area contributed by atoms with E-state index in [9.17, 15) is 8.42 Å². The van der Waals surface area contributed by atoms with Gasteiger partial charge >= 0.3 is 0 Å². The standard InChI is InChI=1S/C12H16ClNO3S/c1-17-11-6-2-4-10-5-3-8-14(12(10)11)18(15,16)9-7-13/h2,4,6H,3,5,7-9H2,1H3. The molecule has 0 atom stereocenters. The zero-order chi connectivity index (χ0) is 13.2. The molecule has 18 heavy (non-hydrogen) atoms. The number of fused-ring (bicyclic) bond motifs is 1. The molecule has 0 spiro atoms. The summed E-state index contributed by atoms with van der Waals surface area (Å²) in [6.45, 7) is 0.493. The number of rotatable bonds is 4. The summed E-state index contributed by atoms with van der Waals surface area (Å²) in [6.07, 6.45) is 1.70. The van der Waals surface area contributed by atoms with Gasteiger partial charge in [0.1, 0.15) is 5.75 Å². The highest BCUT2D eigenvalue weighted by Crippen LogP contribution is 2.37. The monoisotopic (exact) mass is 289 g/mol. The molecular weight excluding hydrogens is 274 g/mol. The first-order valence-corrected chi connectivity index (χ1v) is 7.97. The van der Waals surface area contributed by atoms with Crippen LogP contribution in [0, 0.1) is 0 Å². The van der Waals surface area contributed by atoms with Crippen LogP contribution < -0.4 is 9.04 Å². The summed E-state index contributed by atoms with van der Waals surface area (Å²) in [4.78, 5) is 0. The van der Waals surface area contributed by atoms with Gasteiger partial charge in [-0.25, -0.2) is 8.42 Å². The van der Waals surface area contributed by atoms with Crippen molar-refractivity contribution in [2.45, 2.75) is 12.8 Å². The molecule has 1 aromatic carbocycles. The lowest BCUT2D eigenvalue weighted by molar-refractivity contribution is 0.414. The Bertz CT molecular complexity index is 516. The van der Waals surface area contributed by atoms with Gasteiger partial charge in [-0.15, -0.1) is 11.6 Å². The first kappa shape index (κ1) is 13.5. The topological polar surface area (TPSA) is 46.6 Å². The molecule has 0 fully saturated rings. The molecular formula is C12H16ClNO3S. The summed E-state index contributed by atoms with van der Waals surface area (Å²) < 4.78 is 31.1. The minimum atomic E-state index is -3.36. The van der Waals surface area contributed by atoms with Gasteiger partial charge in [-0.1, -0.05) is 12.1 Å². The van der Waals surface area contributed by atoms with Gasteiger partial charge in [-0.05, 0) is 24.5 Å². The summed E-state index contributed by atoms with van der Waals surface area (Å²) >= 11 is 5.57. The van der Waals surface area contributed by atoms with Crippen molar-refractivity contribution in [2.24, 2.45) is 0 Å². The van der Waals surface area contributed by atoms with Crippen LogP contribution in [0.25, 0.3) is 0 Å². The van der Waals surface area contributed by atoms with E-state index in [4.69, 9.17) is 16.3 Å². The molecule has 0 amide bonds. The SMILES string of the molecule is COc1cccc2c1N(S(=O)(=O)CCCl)CCC2. The van der Waals surface area contributed by atoms with Crippen molar-refractivity contribution >= 4 is 27.3 Å². The number of para-hydroxylation sites is 1. The van der Waals surface area contributed by atoms with Crippen molar-refractivity contribution in [1.29, 1.82) is 0 Å². The van der Waals surface area contributed by atoms with Crippen molar-refractivity contribution in [3.8, 4) is 5.75 Å². The summed E-state index contributed by atoms with van der Waals surface area (Å²) in [7, 11) is -1.81. The van der Waals surface area contributed by atoms with Gasteiger partial charge in [0.25, 0.3) is 0 Å². The minimum absolute atomic E-state index is 0.0496. The number of hydrogen-bond donors (Lipinski definition) is 0. The quantitative estimate of drug-likeness (QED) is 0.797. The van der Waals surface area contributed by atoms with Crippen LogP contribution in [0.2, 0.25) is 0 Å². The summed E-state index contributed by atoms with van der Waals surface area (Å²) in [5.41, 5.74) is 1.69. The lowest BCUT2D eigenvalue weighted by atomic mass is 10.0. The van der Waals surface area contributed by atoms with Crippen molar-refractivity contribution < 1.29 is 13.2 Å². The Morgan fingerprint density at radius 3 is 2.89 bits per heavy atom. The molecule has 0 saturated heterocycles. The van der Waals surface area contributed by atoms with E-state index in [0.29, 0.717) is 18.0 Å². The van der Waals surface area contributed by atoms with Gasteiger partial charge in [0, 0.05) is 12.4 Å². The Morgan fingerprint density at radius 2 is 2.22 bits per heavy atom. The fourth-order valence-electron chi connectivity index (χ4n) is 2.23. The largest absolute Gasteiger partial charge is 0.495 e. The normalized spacial score (nSPS) is 15.3. The van der Waals surface area contributed by atoms with Gasteiger partial charge in [0.15, 0.2) is 0 Å². The number of nitrogens with zero attached hydrogens (tertiary/aromatic N) is 1. The number of alkyl halides is 1. The van der Waals surface area contributed by atoms with Gasteiger partial charge < -0.3 is 4.74 Å². The molecule has 0 N–H and O–H groups in total. The number of aryl methyl sites for hydroxylation is 1. The van der Waals surface area contributed by atoms with E-state index in [2.05, 4.69) is 0 Å². The van der Waals surface area contributed by atoms with Crippen LogP contribution in [0.4, 0.5) is 5.69 Å². The van der Waals surface area contributed by atoms with Crippen LogP contribution in [0.1, 0.15) is 12.0 Å². The number of methoxy groups -OCH3 is 1. The highest BCUT2D eigenvalue weighted by Gasteiger charge is 2.29. The average molecular weight is 290 g/mol. The molecule has 100 valence electrons. The second kappa shape index (κ2) is 5.36. The van der Waals surface area contributed by atoms with Crippen LogP contribution in [-0.2, 0) is 16.4 Å². The minimum Gasteiger partial charge on any atom is -0.495 e. The Hall–Kier alpha value is -0.940. The number of hydrogen-bond acceptors (Lipinski definition) is 3. The van der Waals surface area contributed by atoms with Crippen LogP contribution in [0.3, 0.4) is 0 Å². The van der Waals surface area contributed by atoms with Crippen LogP contribution in [0.15, 0.2) is 18.2 Å². The van der Waals surface area contributed by atoms with Crippen molar-refractivity contribution in [1.82, 2.24) is 0 Å². The zero-order valence-electron chi connectivity index (χ0n) is 10.2. The number of benzene rings is 1. The summed E-state index contributed by atoms with van der Waals surface area (Å²) in [5, 5.41) is 0. The van der Waals surface area contributed by atoms with Gasteiger partial charge in [0.2, 0.25) is 10.0 Å². The van der Waals surface area contributed by atoms with E-state index >= 15 is 0 Å². The smallest absolute Gasteiger partial charge is 0.236 e. The van der Waals surface area contributed by atoms with Gasteiger partial charge in [-0.3, -0.25) is 4.31 Å². The molecule has 1 aromatic rings. The predicted octanol–water partition coefficient (Wildman–Crippen LogP) is 2.02. The molecule has 1 aliphatic rings. The van der Waals surface area contributed by atoms with E-state index < -0.39 is 10.0 Å². The van der Waals surface area contributed by atoms with E-state index in [1.807, 2.05) is 12.1 Å². The van der Waals surface area contributed by atoms with Gasteiger partial charge in [0.05, 0.1) is 18.6 Å². The Morgan fingerprint density at radius 1 is 1.44 bits per heavy atom. The third-order valence-electron chi connectivity index (χ3n) is 3.03. The lowest BCUT2D eigenvalue weighted by Crippen LogP contribution is -2.37.